The number of benzene rings is 1. The SMILES string of the molecule is Cc1nc([C@@H]2CCCN(C(=O)c3ccc(F)cc3)C2)sc1C. The van der Waals surface area contributed by atoms with Crippen LogP contribution in [0.1, 0.15) is 44.7 Å². The van der Waals surface area contributed by atoms with Crippen LogP contribution in [-0.4, -0.2) is 28.9 Å². The zero-order valence-corrected chi connectivity index (χ0v) is 13.6. The maximum absolute atomic E-state index is 13.0. The molecular formula is C17H19FN2OS. The van der Waals surface area contributed by atoms with E-state index >= 15 is 0 Å². The van der Waals surface area contributed by atoms with Crippen molar-refractivity contribution in [2.45, 2.75) is 32.6 Å². The summed E-state index contributed by atoms with van der Waals surface area (Å²) in [5.41, 5.74) is 1.63. The smallest absolute Gasteiger partial charge is 0.253 e. The monoisotopic (exact) mass is 318 g/mol. The lowest BCUT2D eigenvalue weighted by atomic mass is 9.98. The van der Waals surface area contributed by atoms with Gasteiger partial charge in [0.1, 0.15) is 5.82 Å². The van der Waals surface area contributed by atoms with Crippen LogP contribution in [0.15, 0.2) is 24.3 Å². The lowest BCUT2D eigenvalue weighted by Gasteiger charge is -2.32. The van der Waals surface area contributed by atoms with Gasteiger partial charge in [0, 0.05) is 29.4 Å². The number of aromatic nitrogens is 1. The van der Waals surface area contributed by atoms with Crippen molar-refractivity contribution in [3.63, 3.8) is 0 Å². The molecule has 0 bridgehead atoms. The van der Waals surface area contributed by atoms with Gasteiger partial charge in [-0.3, -0.25) is 4.79 Å². The van der Waals surface area contributed by atoms with Crippen molar-refractivity contribution in [2.75, 3.05) is 13.1 Å². The average molecular weight is 318 g/mol. The highest BCUT2D eigenvalue weighted by Crippen LogP contribution is 2.31. The highest BCUT2D eigenvalue weighted by Gasteiger charge is 2.27. The molecule has 1 fully saturated rings. The van der Waals surface area contributed by atoms with Crippen molar-refractivity contribution >= 4 is 17.2 Å². The summed E-state index contributed by atoms with van der Waals surface area (Å²) in [7, 11) is 0. The Labute approximate surface area is 133 Å². The number of aryl methyl sites for hydroxylation is 2. The van der Waals surface area contributed by atoms with Gasteiger partial charge < -0.3 is 4.90 Å². The minimum absolute atomic E-state index is 0.0188. The number of nitrogens with zero attached hydrogens (tertiary/aromatic N) is 2. The summed E-state index contributed by atoms with van der Waals surface area (Å²) in [6.07, 6.45) is 2.05. The zero-order chi connectivity index (χ0) is 15.7. The van der Waals surface area contributed by atoms with E-state index in [1.54, 1.807) is 23.5 Å². The molecule has 22 heavy (non-hydrogen) atoms. The number of hydrogen-bond acceptors (Lipinski definition) is 3. The second-order valence-corrected chi connectivity index (χ2v) is 7.03. The maximum Gasteiger partial charge on any atom is 0.253 e. The number of rotatable bonds is 2. The minimum atomic E-state index is -0.318. The van der Waals surface area contributed by atoms with Gasteiger partial charge in [0.15, 0.2) is 0 Å². The van der Waals surface area contributed by atoms with Gasteiger partial charge in [-0.2, -0.15) is 0 Å². The van der Waals surface area contributed by atoms with Crippen LogP contribution in [-0.2, 0) is 0 Å². The van der Waals surface area contributed by atoms with E-state index in [1.165, 1.54) is 17.0 Å². The Hall–Kier alpha value is -1.75. The molecule has 0 saturated carbocycles. The Morgan fingerprint density at radius 1 is 1.32 bits per heavy atom. The van der Waals surface area contributed by atoms with E-state index < -0.39 is 0 Å². The molecule has 1 aliphatic rings. The Kier molecular flexibility index (Phi) is 4.25. The first kappa shape index (κ1) is 15.2. The van der Waals surface area contributed by atoms with E-state index in [4.69, 9.17) is 0 Å². The van der Waals surface area contributed by atoms with E-state index in [-0.39, 0.29) is 11.7 Å². The van der Waals surface area contributed by atoms with Crippen molar-refractivity contribution in [1.82, 2.24) is 9.88 Å². The molecule has 2 aromatic rings. The largest absolute Gasteiger partial charge is 0.338 e. The van der Waals surface area contributed by atoms with Crippen LogP contribution >= 0.6 is 11.3 Å². The summed E-state index contributed by atoms with van der Waals surface area (Å²) in [5, 5.41) is 1.13. The van der Waals surface area contributed by atoms with Crippen LogP contribution < -0.4 is 0 Å². The van der Waals surface area contributed by atoms with Crippen LogP contribution in [0.5, 0.6) is 0 Å². The Morgan fingerprint density at radius 2 is 2.05 bits per heavy atom. The highest BCUT2D eigenvalue weighted by atomic mass is 32.1. The van der Waals surface area contributed by atoms with E-state index in [0.29, 0.717) is 18.0 Å². The number of carbonyl (C=O) groups excluding carboxylic acids is 1. The third-order valence-electron chi connectivity index (χ3n) is 4.19. The average Bonchev–Trinajstić information content (AvgIpc) is 2.87. The second kappa shape index (κ2) is 6.16. The lowest BCUT2D eigenvalue weighted by Crippen LogP contribution is -2.39. The molecule has 0 N–H and O–H groups in total. The summed E-state index contributed by atoms with van der Waals surface area (Å²) >= 11 is 1.73. The molecule has 0 unspecified atom stereocenters. The van der Waals surface area contributed by atoms with Gasteiger partial charge in [0.25, 0.3) is 5.91 Å². The Balaban J connectivity index is 1.75. The van der Waals surface area contributed by atoms with Crippen molar-refractivity contribution in [3.05, 3.63) is 51.2 Å². The van der Waals surface area contributed by atoms with Crippen LogP contribution in [0.25, 0.3) is 0 Å². The fourth-order valence-corrected chi connectivity index (χ4v) is 3.86. The van der Waals surface area contributed by atoms with Gasteiger partial charge in [-0.1, -0.05) is 0 Å². The molecule has 5 heteroatoms. The molecule has 3 rings (SSSR count). The van der Waals surface area contributed by atoms with E-state index in [0.717, 1.165) is 30.1 Å². The molecule has 1 aromatic carbocycles. The standard InChI is InChI=1S/C17H19FN2OS/c1-11-12(2)22-16(19-11)14-4-3-9-20(10-14)17(21)13-5-7-15(18)8-6-13/h5-8,14H,3-4,9-10H2,1-2H3/t14-/m1/s1. The quantitative estimate of drug-likeness (QED) is 0.841. The molecule has 116 valence electrons. The predicted octanol–water partition coefficient (Wildman–Crippen LogP) is 3.92. The third-order valence-corrected chi connectivity index (χ3v) is 5.43. The second-order valence-electron chi connectivity index (χ2n) is 5.79. The summed E-state index contributed by atoms with van der Waals surface area (Å²) in [6.45, 7) is 5.57. The van der Waals surface area contributed by atoms with Gasteiger partial charge in [0.2, 0.25) is 0 Å². The van der Waals surface area contributed by atoms with Crippen LogP contribution in [0.4, 0.5) is 4.39 Å². The van der Waals surface area contributed by atoms with Crippen molar-refractivity contribution in [1.29, 1.82) is 0 Å². The number of amides is 1. The zero-order valence-electron chi connectivity index (χ0n) is 12.8. The Morgan fingerprint density at radius 3 is 2.68 bits per heavy atom. The van der Waals surface area contributed by atoms with Crippen LogP contribution in [0.3, 0.4) is 0 Å². The van der Waals surface area contributed by atoms with Crippen molar-refractivity contribution in [3.8, 4) is 0 Å². The number of piperidine rings is 1. The number of halogens is 1. The first-order valence-electron chi connectivity index (χ1n) is 7.53. The van der Waals surface area contributed by atoms with Crippen molar-refractivity contribution < 1.29 is 9.18 Å². The highest BCUT2D eigenvalue weighted by molar-refractivity contribution is 7.11. The van der Waals surface area contributed by atoms with Gasteiger partial charge in [-0.25, -0.2) is 9.37 Å². The van der Waals surface area contributed by atoms with E-state index in [1.807, 2.05) is 11.8 Å². The number of thiazole rings is 1. The lowest BCUT2D eigenvalue weighted by molar-refractivity contribution is 0.0707. The fourth-order valence-electron chi connectivity index (χ4n) is 2.81. The van der Waals surface area contributed by atoms with Crippen LogP contribution in [0.2, 0.25) is 0 Å². The van der Waals surface area contributed by atoms with E-state index in [9.17, 15) is 9.18 Å². The van der Waals surface area contributed by atoms with E-state index in [2.05, 4.69) is 11.9 Å². The predicted molar refractivity (Wildman–Crippen MR) is 85.9 cm³/mol. The molecule has 0 radical (unpaired) electrons. The number of hydrogen-bond donors (Lipinski definition) is 0. The number of carbonyl (C=O) groups is 1. The fraction of sp³-hybridized carbons (Fsp3) is 0.412. The molecule has 2 heterocycles. The molecular weight excluding hydrogens is 299 g/mol. The molecule has 0 spiro atoms. The molecule has 1 aliphatic heterocycles. The topological polar surface area (TPSA) is 33.2 Å². The molecule has 0 aliphatic carbocycles. The maximum atomic E-state index is 13.0. The third kappa shape index (κ3) is 3.04. The molecule has 3 nitrogen and oxygen atoms in total. The summed E-state index contributed by atoms with van der Waals surface area (Å²) in [5.74, 6) is -0.0212. The first-order chi connectivity index (χ1) is 10.5. The summed E-state index contributed by atoms with van der Waals surface area (Å²) in [4.78, 5) is 20.3. The minimum Gasteiger partial charge on any atom is -0.338 e. The summed E-state index contributed by atoms with van der Waals surface area (Å²) in [6, 6.07) is 5.78. The Bertz CT molecular complexity index is 661. The molecule has 1 aromatic heterocycles. The van der Waals surface area contributed by atoms with Crippen molar-refractivity contribution in [2.24, 2.45) is 0 Å². The van der Waals surface area contributed by atoms with Gasteiger partial charge >= 0.3 is 0 Å². The normalized spacial score (nSPS) is 18.5. The molecule has 1 saturated heterocycles. The molecule has 1 atom stereocenters. The van der Waals surface area contributed by atoms with Gasteiger partial charge in [-0.05, 0) is 51.0 Å². The first-order valence-corrected chi connectivity index (χ1v) is 8.35. The van der Waals surface area contributed by atoms with Gasteiger partial charge in [0.05, 0.1) is 10.7 Å². The summed E-state index contributed by atoms with van der Waals surface area (Å²) < 4.78 is 13.0. The van der Waals surface area contributed by atoms with Crippen LogP contribution in [0, 0.1) is 19.7 Å². The number of likely N-dealkylation sites (tertiary alicyclic amines) is 1. The molecule has 1 amide bonds. The van der Waals surface area contributed by atoms with Gasteiger partial charge in [-0.15, -0.1) is 11.3 Å².